The van der Waals surface area contributed by atoms with Crippen LogP contribution in [-0.4, -0.2) is 162 Å². The summed E-state index contributed by atoms with van der Waals surface area (Å²) in [6.45, 7) is 18.4. The first-order chi connectivity index (χ1) is 37.3. The highest BCUT2D eigenvalue weighted by atomic mass is 16.5. The predicted molar refractivity (Wildman–Crippen MR) is 325 cm³/mol. The third kappa shape index (κ3) is 45.0. The molecule has 0 spiro atoms. The lowest BCUT2D eigenvalue weighted by atomic mass is 9.99. The van der Waals surface area contributed by atoms with Gasteiger partial charge in [-0.2, -0.15) is 0 Å². The number of nitrogens with one attached hydrogen (secondary N) is 2. The highest BCUT2D eigenvalue weighted by molar-refractivity contribution is 5.88. The van der Waals surface area contributed by atoms with Gasteiger partial charge >= 0.3 is 0 Å². The zero-order valence-corrected chi connectivity index (χ0v) is 52.5. The summed E-state index contributed by atoms with van der Waals surface area (Å²) in [5.41, 5.74) is 0. The Kier molecular flexibility index (Phi) is 52.6. The molecule has 0 aliphatic heterocycles. The number of hydrogen-bond donors (Lipinski definition) is 2. The zero-order chi connectivity index (χ0) is 57.0. The van der Waals surface area contributed by atoms with Crippen LogP contribution >= 0.6 is 0 Å². The normalized spacial score (nSPS) is 12.5. The fraction of sp³-hybridized carbons (Fsp3) is 0.938. The van der Waals surface area contributed by atoms with Crippen LogP contribution in [0.3, 0.4) is 0 Å². The zero-order valence-electron chi connectivity index (χ0n) is 52.5. The molecule has 0 heterocycles. The number of hydrogen-bond acceptors (Lipinski definition) is 9. The van der Waals surface area contributed by atoms with E-state index in [0.717, 1.165) is 51.6 Å². The SMILES string of the molecule is CCCCCCCCCCCCCCCCCC(=O)N(CCCN(C)C)C(C(=O)NCCOCCOCCOCCNC(=O)C(C(C)C)N(CCCN(C)C)C(=O)CCCCCCCCCCCCCCCCC)C(C)C. The van der Waals surface area contributed by atoms with Crippen molar-refractivity contribution in [3.05, 3.63) is 0 Å². The molecule has 13 heteroatoms. The van der Waals surface area contributed by atoms with Crippen molar-refractivity contribution in [3.8, 4) is 0 Å². The van der Waals surface area contributed by atoms with Crippen molar-refractivity contribution in [2.24, 2.45) is 11.8 Å². The van der Waals surface area contributed by atoms with Crippen LogP contribution in [0.1, 0.15) is 260 Å². The Morgan fingerprint density at radius 1 is 0.338 bits per heavy atom. The average Bonchev–Trinajstić information content (AvgIpc) is 3.38. The van der Waals surface area contributed by atoms with E-state index in [4.69, 9.17) is 14.2 Å². The number of ether oxygens (including phenoxy) is 3. The van der Waals surface area contributed by atoms with Crippen molar-refractivity contribution < 1.29 is 33.4 Å². The highest BCUT2D eigenvalue weighted by Crippen LogP contribution is 2.20. The maximum absolute atomic E-state index is 13.7. The van der Waals surface area contributed by atoms with E-state index in [-0.39, 0.29) is 35.5 Å². The monoisotopic (exact) mass is 1090 g/mol. The molecule has 0 aromatic heterocycles. The number of unbranched alkanes of at least 4 members (excludes halogenated alkanes) is 28. The largest absolute Gasteiger partial charge is 0.377 e. The number of amides is 4. The molecule has 2 N–H and O–H groups in total. The Labute approximate surface area is 476 Å². The van der Waals surface area contributed by atoms with Crippen molar-refractivity contribution in [1.29, 1.82) is 0 Å². The van der Waals surface area contributed by atoms with E-state index in [9.17, 15) is 19.2 Å². The fourth-order valence-corrected chi connectivity index (χ4v) is 10.4. The van der Waals surface area contributed by atoms with E-state index >= 15 is 0 Å². The number of carbonyl (C=O) groups is 4. The number of nitrogens with zero attached hydrogens (tertiary/aromatic N) is 4. The van der Waals surface area contributed by atoms with Crippen molar-refractivity contribution in [2.75, 3.05) is 107 Å². The van der Waals surface area contributed by atoms with Gasteiger partial charge in [-0.25, -0.2) is 0 Å². The van der Waals surface area contributed by atoms with Crippen LogP contribution in [0.5, 0.6) is 0 Å². The standard InChI is InChI=1S/C64H128N6O7/c1-11-13-15-17-19-21-23-25-27-29-31-33-35-37-39-43-59(71)69(49-41-47-67(7)8)61(57(3)4)63(73)65-45-51-75-53-55-77-56-54-76-52-46-66-64(74)62(58(5)6)70(50-42-48-68(9)10)60(72)44-40-38-36-34-32-30-28-26-24-22-20-18-16-14-12-2/h57-58,61-62H,11-56H2,1-10H3,(H,65,73)(H,66,74). The molecule has 0 saturated heterocycles. The lowest BCUT2D eigenvalue weighted by molar-refractivity contribution is -0.142. The average molecular weight is 1090 g/mol. The van der Waals surface area contributed by atoms with Gasteiger partial charge in [-0.1, -0.05) is 221 Å². The molecular weight excluding hydrogens is 965 g/mol. The van der Waals surface area contributed by atoms with Gasteiger partial charge in [0.1, 0.15) is 12.1 Å². The van der Waals surface area contributed by atoms with E-state index in [0.29, 0.717) is 78.7 Å². The van der Waals surface area contributed by atoms with Gasteiger partial charge in [0.25, 0.3) is 0 Å². The first kappa shape index (κ1) is 74.7. The molecule has 0 bridgehead atoms. The molecule has 4 amide bonds. The van der Waals surface area contributed by atoms with Crippen molar-refractivity contribution >= 4 is 23.6 Å². The van der Waals surface area contributed by atoms with Crippen LogP contribution in [0.2, 0.25) is 0 Å². The number of rotatable bonds is 58. The third-order valence-corrected chi connectivity index (χ3v) is 14.9. The fourth-order valence-electron chi connectivity index (χ4n) is 10.4. The second kappa shape index (κ2) is 54.3. The summed E-state index contributed by atoms with van der Waals surface area (Å²) in [7, 11) is 8.15. The summed E-state index contributed by atoms with van der Waals surface area (Å²) in [4.78, 5) is 62.5. The summed E-state index contributed by atoms with van der Waals surface area (Å²) < 4.78 is 17.3. The van der Waals surface area contributed by atoms with E-state index in [2.05, 4.69) is 34.3 Å². The van der Waals surface area contributed by atoms with Gasteiger partial charge in [0.05, 0.1) is 39.6 Å². The predicted octanol–water partition coefficient (Wildman–Crippen LogP) is 13.4. The minimum atomic E-state index is -0.523. The van der Waals surface area contributed by atoms with Gasteiger partial charge < -0.3 is 44.4 Å². The molecule has 2 unspecified atom stereocenters. The topological polar surface area (TPSA) is 133 Å². The first-order valence-corrected chi connectivity index (χ1v) is 32.4. The Bertz CT molecular complexity index is 1250. The molecule has 0 saturated carbocycles. The van der Waals surface area contributed by atoms with Crippen LogP contribution in [-0.2, 0) is 33.4 Å². The lowest BCUT2D eigenvalue weighted by Gasteiger charge is -2.34. The van der Waals surface area contributed by atoms with Crippen LogP contribution in [0, 0.1) is 11.8 Å². The Morgan fingerprint density at radius 2 is 0.584 bits per heavy atom. The van der Waals surface area contributed by atoms with Gasteiger partial charge in [0, 0.05) is 39.0 Å². The summed E-state index contributed by atoms with van der Waals surface area (Å²) >= 11 is 0. The first-order valence-electron chi connectivity index (χ1n) is 32.4. The summed E-state index contributed by atoms with van der Waals surface area (Å²) in [6, 6.07) is -1.05. The van der Waals surface area contributed by atoms with Crippen molar-refractivity contribution in [2.45, 2.75) is 272 Å². The second-order valence-electron chi connectivity index (χ2n) is 23.7. The second-order valence-corrected chi connectivity index (χ2v) is 23.7. The van der Waals surface area contributed by atoms with E-state index < -0.39 is 12.1 Å². The lowest BCUT2D eigenvalue weighted by Crippen LogP contribution is -2.53. The Balaban J connectivity index is 4.55. The molecule has 2 atom stereocenters. The maximum atomic E-state index is 13.7. The van der Waals surface area contributed by atoms with Crippen LogP contribution < -0.4 is 10.6 Å². The van der Waals surface area contributed by atoms with Gasteiger partial charge in [-0.3, -0.25) is 19.2 Å². The minimum absolute atomic E-state index is 0.0217. The van der Waals surface area contributed by atoms with Crippen molar-refractivity contribution in [3.63, 3.8) is 0 Å². The van der Waals surface area contributed by atoms with Crippen LogP contribution in [0.25, 0.3) is 0 Å². The van der Waals surface area contributed by atoms with E-state index in [1.165, 1.54) is 167 Å². The van der Waals surface area contributed by atoms with Gasteiger partial charge in [0.15, 0.2) is 0 Å². The van der Waals surface area contributed by atoms with Gasteiger partial charge in [-0.05, 0) is 78.8 Å². The Morgan fingerprint density at radius 3 is 0.831 bits per heavy atom. The van der Waals surface area contributed by atoms with Crippen LogP contribution in [0.4, 0.5) is 0 Å². The van der Waals surface area contributed by atoms with Crippen LogP contribution in [0.15, 0.2) is 0 Å². The highest BCUT2D eigenvalue weighted by Gasteiger charge is 2.33. The molecular formula is C64H128N6O7. The smallest absolute Gasteiger partial charge is 0.243 e. The molecule has 13 nitrogen and oxygen atoms in total. The minimum Gasteiger partial charge on any atom is -0.377 e. The molecule has 77 heavy (non-hydrogen) atoms. The quantitative estimate of drug-likeness (QED) is 0.0571. The van der Waals surface area contributed by atoms with E-state index in [1.54, 1.807) is 0 Å². The number of carbonyl (C=O) groups excluding carboxylic acids is 4. The van der Waals surface area contributed by atoms with Gasteiger partial charge in [0.2, 0.25) is 23.6 Å². The Hall–Kier alpha value is -2.32. The molecule has 0 aromatic carbocycles. The molecule has 0 aliphatic carbocycles. The molecule has 0 fully saturated rings. The molecule has 456 valence electrons. The van der Waals surface area contributed by atoms with Gasteiger partial charge in [-0.15, -0.1) is 0 Å². The summed E-state index contributed by atoms with van der Waals surface area (Å²) in [5, 5.41) is 6.09. The molecule has 0 aliphatic rings. The molecule has 0 radical (unpaired) electrons. The van der Waals surface area contributed by atoms with Crippen molar-refractivity contribution in [1.82, 2.24) is 30.2 Å². The third-order valence-electron chi connectivity index (χ3n) is 14.9. The maximum Gasteiger partial charge on any atom is 0.243 e. The van der Waals surface area contributed by atoms with E-state index in [1.807, 2.05) is 65.7 Å². The molecule has 0 aromatic rings. The molecule has 0 rings (SSSR count). The summed E-state index contributed by atoms with van der Waals surface area (Å²) in [6.07, 6.45) is 41.2. The summed E-state index contributed by atoms with van der Waals surface area (Å²) in [5.74, 6) is -0.136.